The molecule has 0 aliphatic rings. The zero-order valence-corrected chi connectivity index (χ0v) is 19.5. The maximum Gasteiger partial charge on any atom is 0.257 e. The van der Waals surface area contributed by atoms with Gasteiger partial charge in [-0.2, -0.15) is 0 Å². The smallest absolute Gasteiger partial charge is 0.257 e. The van der Waals surface area contributed by atoms with Crippen LogP contribution in [0, 0.1) is 5.82 Å². The lowest BCUT2D eigenvalue weighted by Crippen LogP contribution is -2.32. The number of amides is 1. The summed E-state index contributed by atoms with van der Waals surface area (Å²) in [6.45, 7) is 2.85. The van der Waals surface area contributed by atoms with Crippen LogP contribution in [0.5, 0.6) is 0 Å². The minimum Gasteiger partial charge on any atom is -0.418 e. The highest BCUT2D eigenvalue weighted by Gasteiger charge is 2.19. The monoisotopic (exact) mass is 490 g/mol. The average Bonchev–Trinajstić information content (AvgIpc) is 3.54. The number of aromatic nitrogens is 4. The van der Waals surface area contributed by atoms with E-state index in [-0.39, 0.29) is 24.0 Å². The third-order valence-corrected chi connectivity index (χ3v) is 6.99. The Morgan fingerprint density at radius 1 is 1.22 bits per heavy atom. The average molecular weight is 491 g/mol. The van der Waals surface area contributed by atoms with Gasteiger partial charge in [0, 0.05) is 12.2 Å². The van der Waals surface area contributed by atoms with Gasteiger partial charge in [0.25, 0.3) is 5.89 Å². The molecule has 1 aromatic carbocycles. The molecule has 12 heteroatoms. The Labute approximate surface area is 195 Å². The zero-order chi connectivity index (χ0) is 22.3. The molecule has 0 aliphatic heterocycles. The van der Waals surface area contributed by atoms with E-state index in [1.165, 1.54) is 46.6 Å². The molecule has 8 nitrogen and oxygen atoms in total. The second-order valence-electron chi connectivity index (χ2n) is 6.59. The Bertz CT molecular complexity index is 1160. The summed E-state index contributed by atoms with van der Waals surface area (Å²) in [6, 6.07) is 9.93. The van der Waals surface area contributed by atoms with Crippen LogP contribution >= 0.6 is 34.4 Å². The Morgan fingerprint density at radius 2 is 2.12 bits per heavy atom. The molecule has 0 saturated carbocycles. The van der Waals surface area contributed by atoms with Crippen LogP contribution in [0.15, 0.2) is 50.5 Å². The first kappa shape index (κ1) is 22.4. The van der Waals surface area contributed by atoms with Crippen LogP contribution in [0.3, 0.4) is 0 Å². The summed E-state index contributed by atoms with van der Waals surface area (Å²) in [5.41, 5.74) is 0.587. The molecule has 4 aromatic rings. The summed E-state index contributed by atoms with van der Waals surface area (Å²) in [6.07, 6.45) is 0.808. The van der Waals surface area contributed by atoms with Crippen LogP contribution in [0.4, 0.5) is 15.2 Å². The van der Waals surface area contributed by atoms with Crippen molar-refractivity contribution in [3.8, 4) is 10.8 Å². The highest BCUT2D eigenvalue weighted by Crippen LogP contribution is 2.28. The molecule has 32 heavy (non-hydrogen) atoms. The van der Waals surface area contributed by atoms with Crippen LogP contribution < -0.4 is 5.32 Å². The molecule has 0 unspecified atom stereocenters. The van der Waals surface area contributed by atoms with Gasteiger partial charge >= 0.3 is 0 Å². The lowest BCUT2D eigenvalue weighted by molar-refractivity contribution is -0.129. The highest BCUT2D eigenvalue weighted by atomic mass is 32.2. The fraction of sp³-hybridized carbons (Fsp3) is 0.250. The molecule has 3 heterocycles. The molecule has 0 saturated heterocycles. The van der Waals surface area contributed by atoms with E-state index in [1.54, 1.807) is 17.0 Å². The van der Waals surface area contributed by atoms with Gasteiger partial charge in [-0.25, -0.2) is 4.39 Å². The van der Waals surface area contributed by atoms with Crippen molar-refractivity contribution in [1.82, 2.24) is 25.3 Å². The number of hydrogen-bond donors (Lipinski definition) is 1. The lowest BCUT2D eigenvalue weighted by Gasteiger charge is -2.19. The number of rotatable bonds is 10. The molecule has 0 fully saturated rings. The van der Waals surface area contributed by atoms with E-state index in [0.717, 1.165) is 11.3 Å². The van der Waals surface area contributed by atoms with Crippen LogP contribution in [0.1, 0.15) is 19.2 Å². The maximum atomic E-state index is 13.3. The second-order valence-corrected chi connectivity index (χ2v) is 9.74. The number of benzene rings is 1. The molecule has 1 amide bonds. The molecule has 3 aromatic heterocycles. The molecule has 0 spiro atoms. The van der Waals surface area contributed by atoms with E-state index in [4.69, 9.17) is 4.42 Å². The largest absolute Gasteiger partial charge is 0.418 e. The van der Waals surface area contributed by atoms with Gasteiger partial charge in [0.05, 0.1) is 17.2 Å². The van der Waals surface area contributed by atoms with E-state index in [9.17, 15) is 9.18 Å². The first-order valence-corrected chi connectivity index (χ1v) is 12.4. The Balaban J connectivity index is 1.33. The standard InChI is InChI=1S/C20H19FN6O2S3/c1-2-8-27(11-16-23-24-18(29-16)15-7-4-9-30-15)17(28)12-31-20-26-25-19(32-20)22-14-6-3-5-13(21)10-14/h3-7,9-10H,2,8,11-12H2,1H3,(H,22,25). The van der Waals surface area contributed by atoms with E-state index < -0.39 is 0 Å². The van der Waals surface area contributed by atoms with Crippen molar-refractivity contribution in [2.45, 2.75) is 24.2 Å². The molecule has 1 N–H and O–H groups in total. The van der Waals surface area contributed by atoms with Gasteiger partial charge in [-0.1, -0.05) is 42.2 Å². The minimum absolute atomic E-state index is 0.0532. The van der Waals surface area contributed by atoms with E-state index in [2.05, 4.69) is 25.7 Å². The number of thiophene rings is 1. The number of halogens is 1. The fourth-order valence-corrected chi connectivity index (χ4v) is 5.08. The van der Waals surface area contributed by atoms with Crippen molar-refractivity contribution in [3.05, 3.63) is 53.5 Å². The fourth-order valence-electron chi connectivity index (χ4n) is 2.77. The van der Waals surface area contributed by atoms with Crippen LogP contribution in [-0.4, -0.2) is 43.5 Å². The van der Waals surface area contributed by atoms with E-state index >= 15 is 0 Å². The first-order valence-electron chi connectivity index (χ1n) is 9.73. The number of thioether (sulfide) groups is 1. The van der Waals surface area contributed by atoms with Crippen molar-refractivity contribution in [3.63, 3.8) is 0 Å². The van der Waals surface area contributed by atoms with Gasteiger partial charge in [-0.3, -0.25) is 4.79 Å². The quantitative estimate of drug-likeness (QED) is 0.308. The van der Waals surface area contributed by atoms with Gasteiger partial charge in [0.1, 0.15) is 5.82 Å². The van der Waals surface area contributed by atoms with Crippen molar-refractivity contribution >= 4 is 51.2 Å². The molecular formula is C20H19FN6O2S3. The molecular weight excluding hydrogens is 471 g/mol. The van der Waals surface area contributed by atoms with Crippen molar-refractivity contribution in [2.24, 2.45) is 0 Å². The molecule has 0 atom stereocenters. The van der Waals surface area contributed by atoms with Gasteiger partial charge < -0.3 is 14.6 Å². The normalized spacial score (nSPS) is 10.9. The first-order chi connectivity index (χ1) is 15.6. The summed E-state index contributed by atoms with van der Waals surface area (Å²) in [7, 11) is 0. The summed E-state index contributed by atoms with van der Waals surface area (Å²) in [4.78, 5) is 15.4. The number of hydrogen-bond acceptors (Lipinski definition) is 10. The Kier molecular flexibility index (Phi) is 7.45. The molecule has 4 rings (SSSR count). The Morgan fingerprint density at radius 3 is 2.91 bits per heavy atom. The summed E-state index contributed by atoms with van der Waals surface area (Å²) in [5.74, 6) is 0.681. The van der Waals surface area contributed by atoms with Crippen LogP contribution in [0.2, 0.25) is 0 Å². The highest BCUT2D eigenvalue weighted by molar-refractivity contribution is 8.01. The van der Waals surface area contributed by atoms with Crippen molar-refractivity contribution in [2.75, 3.05) is 17.6 Å². The van der Waals surface area contributed by atoms with Gasteiger partial charge in [0.2, 0.25) is 16.9 Å². The zero-order valence-electron chi connectivity index (χ0n) is 17.0. The third-order valence-electron chi connectivity index (χ3n) is 4.17. The number of anilines is 2. The van der Waals surface area contributed by atoms with Crippen LogP contribution in [0.25, 0.3) is 10.8 Å². The number of nitrogens with one attached hydrogen (secondary N) is 1. The number of carbonyl (C=O) groups excluding carboxylic acids is 1. The van der Waals surface area contributed by atoms with Crippen molar-refractivity contribution in [1.29, 1.82) is 0 Å². The molecule has 0 bridgehead atoms. The number of carbonyl (C=O) groups is 1. The Hall–Kier alpha value is -2.83. The van der Waals surface area contributed by atoms with E-state index in [1.807, 2.05) is 24.4 Å². The summed E-state index contributed by atoms with van der Waals surface area (Å²) >= 11 is 4.13. The molecule has 0 aliphatic carbocycles. The van der Waals surface area contributed by atoms with Gasteiger partial charge in [0.15, 0.2) is 4.34 Å². The maximum absolute atomic E-state index is 13.3. The van der Waals surface area contributed by atoms with Gasteiger partial charge in [-0.05, 0) is 36.1 Å². The minimum atomic E-state index is -0.334. The SMILES string of the molecule is CCCN(Cc1nnc(-c2cccs2)o1)C(=O)CSc1nnc(Nc2cccc(F)c2)s1. The number of nitrogens with zero attached hydrogens (tertiary/aromatic N) is 5. The summed E-state index contributed by atoms with van der Waals surface area (Å²) < 4.78 is 19.7. The summed E-state index contributed by atoms with van der Waals surface area (Å²) in [5, 5.41) is 21.8. The topological polar surface area (TPSA) is 97.0 Å². The van der Waals surface area contributed by atoms with Crippen LogP contribution in [-0.2, 0) is 11.3 Å². The lowest BCUT2D eigenvalue weighted by atomic mass is 10.3. The van der Waals surface area contributed by atoms with E-state index in [0.29, 0.717) is 33.5 Å². The second kappa shape index (κ2) is 10.7. The third kappa shape index (κ3) is 5.90. The molecule has 0 radical (unpaired) electrons. The van der Waals surface area contributed by atoms with Gasteiger partial charge in [-0.15, -0.1) is 31.7 Å². The van der Waals surface area contributed by atoms with Crippen molar-refractivity contribution < 1.29 is 13.6 Å². The predicted molar refractivity (Wildman–Crippen MR) is 124 cm³/mol. The molecule has 166 valence electrons. The predicted octanol–water partition coefficient (Wildman–Crippen LogP) is 5.06.